The van der Waals surface area contributed by atoms with E-state index >= 15 is 0 Å². The molecule has 0 heterocycles. The van der Waals surface area contributed by atoms with Crippen LogP contribution in [0.1, 0.15) is 61.8 Å². The fourth-order valence-corrected chi connectivity index (χ4v) is 3.82. The summed E-state index contributed by atoms with van der Waals surface area (Å²) in [6.07, 6.45) is 1.34. The van der Waals surface area contributed by atoms with Crippen LogP contribution in [0.5, 0.6) is 0 Å². The van der Waals surface area contributed by atoms with Crippen LogP contribution in [0.15, 0.2) is 48.5 Å². The zero-order valence-electron chi connectivity index (χ0n) is 19.5. The van der Waals surface area contributed by atoms with Gasteiger partial charge in [-0.1, -0.05) is 59.7 Å². The van der Waals surface area contributed by atoms with Crippen LogP contribution in [0.25, 0.3) is 0 Å². The van der Waals surface area contributed by atoms with Gasteiger partial charge >= 0.3 is 11.9 Å². The summed E-state index contributed by atoms with van der Waals surface area (Å²) in [6.45, 7) is 7.13. The van der Waals surface area contributed by atoms with Crippen molar-refractivity contribution < 1.29 is 24.6 Å². The minimum Gasteiger partial charge on any atom is -0.481 e. The molecule has 2 aromatic rings. The fourth-order valence-electron chi connectivity index (χ4n) is 3.82. The Labute approximate surface area is 190 Å². The summed E-state index contributed by atoms with van der Waals surface area (Å²) in [5.41, 5.74) is 1.82. The molecule has 0 radical (unpaired) electrons. The van der Waals surface area contributed by atoms with Crippen LogP contribution in [0.2, 0.25) is 0 Å². The molecule has 2 N–H and O–H groups in total. The third-order valence-corrected chi connectivity index (χ3v) is 6.38. The number of hydrogen-bond donors (Lipinski definition) is 2. The molecule has 0 fully saturated rings. The highest BCUT2D eigenvalue weighted by Crippen LogP contribution is 2.34. The van der Waals surface area contributed by atoms with Crippen molar-refractivity contribution in [1.29, 1.82) is 0 Å². The average Bonchev–Trinajstić information content (AvgIpc) is 2.72. The molecule has 32 heavy (non-hydrogen) atoms. The van der Waals surface area contributed by atoms with Crippen LogP contribution in [0, 0.1) is 24.7 Å². The summed E-state index contributed by atoms with van der Waals surface area (Å²) in [7, 11) is 0. The summed E-state index contributed by atoms with van der Waals surface area (Å²) >= 11 is 0. The summed E-state index contributed by atoms with van der Waals surface area (Å²) < 4.78 is 0. The standard InChI is InChI=1S/C27H34O5/c1-19-5-9-21(10-6-19)13-15-26(3,24(29)30)17-23(28)18-27(4,25(31)32)16-14-22-11-7-20(2)8-12-22/h5-12H,13-18H2,1-4H3,(H,29,30)(H,31,32). The molecule has 0 aromatic heterocycles. The number of aliphatic carboxylic acids is 2. The zero-order chi connectivity index (χ0) is 23.9. The van der Waals surface area contributed by atoms with Gasteiger partial charge in [-0.2, -0.15) is 0 Å². The molecule has 0 aliphatic heterocycles. The van der Waals surface area contributed by atoms with Crippen molar-refractivity contribution in [3.63, 3.8) is 0 Å². The lowest BCUT2D eigenvalue weighted by Gasteiger charge is -2.28. The van der Waals surface area contributed by atoms with Crippen molar-refractivity contribution >= 4 is 17.7 Å². The molecule has 172 valence electrons. The number of Topliss-reactive ketones (excluding diaryl/α,β-unsaturated/α-hetero) is 1. The number of ketones is 1. The van der Waals surface area contributed by atoms with Crippen molar-refractivity contribution in [3.05, 3.63) is 70.8 Å². The Morgan fingerprint density at radius 1 is 0.656 bits per heavy atom. The van der Waals surface area contributed by atoms with E-state index in [2.05, 4.69) is 0 Å². The Kier molecular flexibility index (Phi) is 8.37. The SMILES string of the molecule is Cc1ccc(CCC(C)(CC(=O)CC(C)(CCc2ccc(C)cc2)C(=O)O)C(=O)O)cc1. The maximum absolute atomic E-state index is 12.9. The first-order valence-corrected chi connectivity index (χ1v) is 11.0. The summed E-state index contributed by atoms with van der Waals surface area (Å²) in [5.74, 6) is -2.39. The maximum atomic E-state index is 12.9. The van der Waals surface area contributed by atoms with Crippen LogP contribution in [-0.2, 0) is 27.2 Å². The van der Waals surface area contributed by atoms with Crippen LogP contribution < -0.4 is 0 Å². The molecule has 2 unspecified atom stereocenters. The minimum absolute atomic E-state index is 0.179. The lowest BCUT2D eigenvalue weighted by atomic mass is 9.74. The van der Waals surface area contributed by atoms with Gasteiger partial charge in [-0.25, -0.2) is 0 Å². The second-order valence-corrected chi connectivity index (χ2v) is 9.60. The van der Waals surface area contributed by atoms with E-state index in [0.717, 1.165) is 22.3 Å². The summed E-state index contributed by atoms with van der Waals surface area (Å²) in [4.78, 5) is 36.9. The third kappa shape index (κ3) is 7.04. The Balaban J connectivity index is 2.04. The molecule has 2 rings (SSSR count). The minimum atomic E-state index is -1.24. The van der Waals surface area contributed by atoms with Crippen LogP contribution in [-0.4, -0.2) is 27.9 Å². The first-order chi connectivity index (χ1) is 14.9. The van der Waals surface area contributed by atoms with Crippen LogP contribution >= 0.6 is 0 Å². The lowest BCUT2D eigenvalue weighted by molar-refractivity contribution is -0.153. The summed E-state index contributed by atoms with van der Waals surface area (Å²) in [5, 5.41) is 19.6. The molecule has 0 amide bonds. The van der Waals surface area contributed by atoms with E-state index in [4.69, 9.17) is 0 Å². The van der Waals surface area contributed by atoms with Crippen molar-refractivity contribution in [2.24, 2.45) is 10.8 Å². The van der Waals surface area contributed by atoms with Gasteiger partial charge in [-0.05, 0) is 64.5 Å². The van der Waals surface area contributed by atoms with Gasteiger partial charge in [0.25, 0.3) is 0 Å². The quantitative estimate of drug-likeness (QED) is 0.463. The highest BCUT2D eigenvalue weighted by Gasteiger charge is 2.40. The van der Waals surface area contributed by atoms with Crippen molar-refractivity contribution in [1.82, 2.24) is 0 Å². The number of hydrogen-bond acceptors (Lipinski definition) is 3. The molecule has 0 spiro atoms. The number of carboxylic acids is 2. The second kappa shape index (κ2) is 10.6. The van der Waals surface area contributed by atoms with Crippen molar-refractivity contribution in [3.8, 4) is 0 Å². The molecule has 0 saturated carbocycles. The smallest absolute Gasteiger partial charge is 0.309 e. The Hall–Kier alpha value is -2.95. The topological polar surface area (TPSA) is 91.7 Å². The highest BCUT2D eigenvalue weighted by atomic mass is 16.4. The summed E-state index contributed by atoms with van der Waals surface area (Å²) in [6, 6.07) is 15.8. The number of rotatable bonds is 12. The fraction of sp³-hybridized carbons (Fsp3) is 0.444. The van der Waals surface area contributed by atoms with Crippen LogP contribution in [0.3, 0.4) is 0 Å². The molecule has 0 bridgehead atoms. The van der Waals surface area contributed by atoms with E-state index < -0.39 is 22.8 Å². The van der Waals surface area contributed by atoms with E-state index in [1.807, 2.05) is 62.4 Å². The van der Waals surface area contributed by atoms with Gasteiger partial charge < -0.3 is 10.2 Å². The van der Waals surface area contributed by atoms with Gasteiger partial charge in [-0.3, -0.25) is 14.4 Å². The van der Waals surface area contributed by atoms with Crippen molar-refractivity contribution in [2.75, 3.05) is 0 Å². The maximum Gasteiger partial charge on any atom is 0.309 e. The Bertz CT molecular complexity index is 868. The number of carbonyl (C=O) groups is 3. The number of carboxylic acid groups (broad SMARTS) is 2. The van der Waals surface area contributed by atoms with E-state index in [-0.39, 0.29) is 18.6 Å². The van der Waals surface area contributed by atoms with Crippen LogP contribution in [0.4, 0.5) is 0 Å². The van der Waals surface area contributed by atoms with Gasteiger partial charge in [0.05, 0.1) is 10.8 Å². The molecule has 0 aliphatic rings. The molecule has 5 nitrogen and oxygen atoms in total. The lowest BCUT2D eigenvalue weighted by Crippen LogP contribution is -2.35. The third-order valence-electron chi connectivity index (χ3n) is 6.38. The zero-order valence-corrected chi connectivity index (χ0v) is 19.5. The molecular weight excluding hydrogens is 404 g/mol. The van der Waals surface area contributed by atoms with Crippen molar-refractivity contribution in [2.45, 2.75) is 66.2 Å². The molecular formula is C27H34O5. The predicted molar refractivity (Wildman–Crippen MR) is 125 cm³/mol. The largest absolute Gasteiger partial charge is 0.481 e. The van der Waals surface area contributed by atoms with Gasteiger partial charge in [0.15, 0.2) is 0 Å². The van der Waals surface area contributed by atoms with Gasteiger partial charge in [-0.15, -0.1) is 0 Å². The second-order valence-electron chi connectivity index (χ2n) is 9.60. The average molecular weight is 439 g/mol. The number of carbonyl (C=O) groups excluding carboxylic acids is 1. The van der Waals surface area contributed by atoms with E-state index in [1.165, 1.54) is 0 Å². The van der Waals surface area contributed by atoms with E-state index in [0.29, 0.717) is 25.7 Å². The van der Waals surface area contributed by atoms with E-state index in [9.17, 15) is 24.6 Å². The van der Waals surface area contributed by atoms with Gasteiger partial charge in [0.1, 0.15) is 5.78 Å². The molecule has 2 atom stereocenters. The molecule has 0 aliphatic carbocycles. The number of aryl methyl sites for hydroxylation is 4. The van der Waals surface area contributed by atoms with Gasteiger partial charge in [0.2, 0.25) is 0 Å². The predicted octanol–water partition coefficient (Wildman–Crippen LogP) is 5.40. The van der Waals surface area contributed by atoms with E-state index in [1.54, 1.807) is 13.8 Å². The first-order valence-electron chi connectivity index (χ1n) is 11.0. The molecule has 2 aromatic carbocycles. The Morgan fingerprint density at radius 2 is 0.969 bits per heavy atom. The Morgan fingerprint density at radius 3 is 1.25 bits per heavy atom. The van der Waals surface area contributed by atoms with Gasteiger partial charge in [0, 0.05) is 12.8 Å². The molecule has 0 saturated heterocycles. The highest BCUT2D eigenvalue weighted by molar-refractivity contribution is 5.89. The normalized spacial score (nSPS) is 14.9. The first kappa shape index (κ1) is 25.3. The number of benzene rings is 2. The molecule has 5 heteroatoms. The monoisotopic (exact) mass is 438 g/mol.